The molecule has 2 nitrogen and oxygen atoms in total. The molecule has 0 saturated carbocycles. The number of amides is 1. The van der Waals surface area contributed by atoms with E-state index in [4.69, 9.17) is 0 Å². The summed E-state index contributed by atoms with van der Waals surface area (Å²) >= 11 is 2.27. The van der Waals surface area contributed by atoms with Crippen LogP contribution in [0.3, 0.4) is 0 Å². The lowest BCUT2D eigenvalue weighted by Crippen LogP contribution is -2.12. The summed E-state index contributed by atoms with van der Waals surface area (Å²) in [6.45, 7) is 6.11. The Kier molecular flexibility index (Phi) is 4.24. The first-order valence-corrected chi connectivity index (χ1v) is 7.20. The van der Waals surface area contributed by atoms with Gasteiger partial charge < -0.3 is 5.32 Å². The van der Waals surface area contributed by atoms with Gasteiger partial charge in [0.15, 0.2) is 0 Å². The Morgan fingerprint density at radius 1 is 0.947 bits per heavy atom. The number of anilines is 1. The highest BCUT2D eigenvalue weighted by atomic mass is 127. The molecule has 0 fully saturated rings. The van der Waals surface area contributed by atoms with Gasteiger partial charge in [-0.2, -0.15) is 0 Å². The zero-order chi connectivity index (χ0) is 14.0. The third kappa shape index (κ3) is 3.35. The highest BCUT2D eigenvalue weighted by Crippen LogP contribution is 2.18. The summed E-state index contributed by atoms with van der Waals surface area (Å²) in [6.07, 6.45) is 0. The minimum absolute atomic E-state index is 0.0669. The Morgan fingerprint density at radius 2 is 1.63 bits per heavy atom. The van der Waals surface area contributed by atoms with Crippen molar-refractivity contribution in [1.82, 2.24) is 0 Å². The molecule has 0 radical (unpaired) electrons. The van der Waals surface area contributed by atoms with Crippen molar-refractivity contribution in [3.63, 3.8) is 0 Å². The van der Waals surface area contributed by atoms with E-state index in [9.17, 15) is 4.79 Å². The first-order chi connectivity index (χ1) is 8.97. The summed E-state index contributed by atoms with van der Waals surface area (Å²) in [5, 5.41) is 2.93. The smallest absolute Gasteiger partial charge is 0.255 e. The summed E-state index contributed by atoms with van der Waals surface area (Å²) in [7, 11) is 0. The van der Waals surface area contributed by atoms with Gasteiger partial charge in [0.2, 0.25) is 0 Å². The van der Waals surface area contributed by atoms with Crippen LogP contribution in [-0.4, -0.2) is 5.91 Å². The lowest BCUT2D eigenvalue weighted by atomic mass is 10.1. The first kappa shape index (κ1) is 14.1. The van der Waals surface area contributed by atoms with Crippen LogP contribution in [0.5, 0.6) is 0 Å². The maximum Gasteiger partial charge on any atom is 0.255 e. The van der Waals surface area contributed by atoms with Crippen LogP contribution in [0.25, 0.3) is 0 Å². The Balaban J connectivity index is 2.20. The van der Waals surface area contributed by atoms with E-state index in [2.05, 4.69) is 34.8 Å². The molecule has 1 amide bonds. The molecule has 0 aromatic heterocycles. The van der Waals surface area contributed by atoms with Crippen LogP contribution in [0, 0.1) is 24.3 Å². The Labute approximate surface area is 127 Å². The normalized spacial score (nSPS) is 10.3. The standard InChI is InChI=1S/C16H16INO/c1-10-4-6-13(8-12(10)3)16(19)18-14-7-5-11(2)15(17)9-14/h4-9H,1-3H3,(H,18,19). The topological polar surface area (TPSA) is 29.1 Å². The number of aryl methyl sites for hydroxylation is 3. The van der Waals surface area contributed by atoms with Crippen molar-refractivity contribution in [2.24, 2.45) is 0 Å². The van der Waals surface area contributed by atoms with Gasteiger partial charge in [0.05, 0.1) is 0 Å². The van der Waals surface area contributed by atoms with E-state index in [-0.39, 0.29) is 5.91 Å². The lowest BCUT2D eigenvalue weighted by Gasteiger charge is -2.08. The SMILES string of the molecule is Cc1ccc(C(=O)Nc2ccc(C)c(I)c2)cc1C. The first-order valence-electron chi connectivity index (χ1n) is 6.12. The third-order valence-electron chi connectivity index (χ3n) is 3.20. The van der Waals surface area contributed by atoms with E-state index in [1.54, 1.807) is 0 Å². The monoisotopic (exact) mass is 365 g/mol. The number of benzene rings is 2. The number of hydrogen-bond acceptors (Lipinski definition) is 1. The lowest BCUT2D eigenvalue weighted by molar-refractivity contribution is 0.102. The summed E-state index contributed by atoms with van der Waals surface area (Å²) in [4.78, 5) is 12.2. The minimum atomic E-state index is -0.0669. The average Bonchev–Trinajstić information content (AvgIpc) is 2.37. The molecule has 2 aromatic rings. The van der Waals surface area contributed by atoms with Gasteiger partial charge in [0.25, 0.3) is 5.91 Å². The molecule has 3 heteroatoms. The fraction of sp³-hybridized carbons (Fsp3) is 0.188. The zero-order valence-electron chi connectivity index (χ0n) is 11.3. The maximum absolute atomic E-state index is 12.2. The van der Waals surface area contributed by atoms with Gasteiger partial charge in [-0.15, -0.1) is 0 Å². The summed E-state index contributed by atoms with van der Waals surface area (Å²) < 4.78 is 1.15. The van der Waals surface area contributed by atoms with E-state index in [1.165, 1.54) is 11.1 Å². The van der Waals surface area contributed by atoms with Crippen molar-refractivity contribution in [2.45, 2.75) is 20.8 Å². The second-order valence-corrected chi connectivity index (χ2v) is 5.88. The van der Waals surface area contributed by atoms with E-state index < -0.39 is 0 Å². The number of carbonyl (C=O) groups is 1. The molecule has 0 bridgehead atoms. The molecule has 0 saturated heterocycles. The molecular weight excluding hydrogens is 349 g/mol. The summed E-state index contributed by atoms with van der Waals surface area (Å²) in [6, 6.07) is 11.7. The highest BCUT2D eigenvalue weighted by Gasteiger charge is 2.07. The zero-order valence-corrected chi connectivity index (χ0v) is 13.4. The van der Waals surface area contributed by atoms with Gasteiger partial charge in [-0.3, -0.25) is 4.79 Å². The quantitative estimate of drug-likeness (QED) is 0.782. The molecule has 0 spiro atoms. The molecule has 0 aliphatic heterocycles. The third-order valence-corrected chi connectivity index (χ3v) is 4.36. The van der Waals surface area contributed by atoms with E-state index in [0.717, 1.165) is 14.8 Å². The molecule has 2 rings (SSSR count). The molecule has 98 valence electrons. The molecule has 0 unspecified atom stereocenters. The van der Waals surface area contributed by atoms with Crippen molar-refractivity contribution in [2.75, 3.05) is 5.32 Å². The summed E-state index contributed by atoms with van der Waals surface area (Å²) in [5.41, 5.74) is 5.06. The van der Waals surface area contributed by atoms with Gasteiger partial charge in [-0.25, -0.2) is 0 Å². The van der Waals surface area contributed by atoms with E-state index in [1.807, 2.05) is 50.2 Å². The van der Waals surface area contributed by atoms with Gasteiger partial charge in [0, 0.05) is 14.8 Å². The van der Waals surface area contributed by atoms with Gasteiger partial charge in [-0.1, -0.05) is 12.1 Å². The second kappa shape index (κ2) is 5.74. The Hall–Kier alpha value is -1.36. The number of nitrogens with one attached hydrogen (secondary N) is 1. The molecule has 19 heavy (non-hydrogen) atoms. The van der Waals surface area contributed by atoms with Crippen molar-refractivity contribution in [1.29, 1.82) is 0 Å². The number of rotatable bonds is 2. The van der Waals surface area contributed by atoms with Crippen molar-refractivity contribution in [3.8, 4) is 0 Å². The molecule has 0 aliphatic carbocycles. The fourth-order valence-corrected chi connectivity index (χ4v) is 2.27. The molecule has 2 aromatic carbocycles. The van der Waals surface area contributed by atoms with Crippen LogP contribution in [0.2, 0.25) is 0 Å². The van der Waals surface area contributed by atoms with Crippen molar-refractivity contribution >= 4 is 34.2 Å². The molecule has 0 heterocycles. The second-order valence-electron chi connectivity index (χ2n) is 4.72. The maximum atomic E-state index is 12.2. The number of hydrogen-bond donors (Lipinski definition) is 1. The highest BCUT2D eigenvalue weighted by molar-refractivity contribution is 14.1. The van der Waals surface area contributed by atoms with Crippen LogP contribution in [0.15, 0.2) is 36.4 Å². The minimum Gasteiger partial charge on any atom is -0.322 e. The van der Waals surface area contributed by atoms with Crippen LogP contribution in [0.1, 0.15) is 27.0 Å². The fourth-order valence-electron chi connectivity index (χ4n) is 1.76. The molecule has 0 aliphatic rings. The average molecular weight is 365 g/mol. The largest absolute Gasteiger partial charge is 0.322 e. The molecular formula is C16H16INO. The van der Waals surface area contributed by atoms with Gasteiger partial charge >= 0.3 is 0 Å². The van der Waals surface area contributed by atoms with Crippen LogP contribution >= 0.6 is 22.6 Å². The predicted octanol–water partition coefficient (Wildman–Crippen LogP) is 4.47. The molecule has 0 atom stereocenters. The van der Waals surface area contributed by atoms with Crippen molar-refractivity contribution in [3.05, 3.63) is 62.2 Å². The van der Waals surface area contributed by atoms with Crippen molar-refractivity contribution < 1.29 is 4.79 Å². The number of carbonyl (C=O) groups excluding carboxylic acids is 1. The van der Waals surface area contributed by atoms with Gasteiger partial charge in [0.1, 0.15) is 0 Å². The van der Waals surface area contributed by atoms with Crippen LogP contribution in [-0.2, 0) is 0 Å². The van der Waals surface area contributed by atoms with Gasteiger partial charge in [-0.05, 0) is 84.3 Å². The van der Waals surface area contributed by atoms with E-state index >= 15 is 0 Å². The molecule has 1 N–H and O–H groups in total. The van der Waals surface area contributed by atoms with Crippen LogP contribution < -0.4 is 5.32 Å². The Bertz CT molecular complexity index is 635. The summed E-state index contributed by atoms with van der Waals surface area (Å²) in [5.74, 6) is -0.0669. The Morgan fingerprint density at radius 3 is 2.26 bits per heavy atom. The number of halogens is 1. The predicted molar refractivity (Wildman–Crippen MR) is 87.8 cm³/mol. The van der Waals surface area contributed by atoms with E-state index in [0.29, 0.717) is 5.56 Å². The van der Waals surface area contributed by atoms with Crippen LogP contribution in [0.4, 0.5) is 5.69 Å².